The Morgan fingerprint density at radius 1 is 0.857 bits per heavy atom. The quantitative estimate of drug-likeness (QED) is 0.187. The van der Waals surface area contributed by atoms with E-state index in [1.807, 2.05) is 31.4 Å². The van der Waals surface area contributed by atoms with Crippen LogP contribution in [0.4, 0.5) is 0 Å². The highest BCUT2D eigenvalue weighted by Gasteiger charge is 2.25. The Kier molecular flexibility index (Phi) is 8.11. The van der Waals surface area contributed by atoms with Crippen LogP contribution in [0.5, 0.6) is 11.5 Å². The molecule has 1 aromatic carbocycles. The average Bonchev–Trinajstić information content (AvgIpc) is 2.49. The van der Waals surface area contributed by atoms with E-state index in [0.717, 1.165) is 23.2 Å². The Bertz CT molecular complexity index is 749. The van der Waals surface area contributed by atoms with Gasteiger partial charge in [0, 0.05) is 11.1 Å². The first-order valence-corrected chi connectivity index (χ1v) is 19.9. The van der Waals surface area contributed by atoms with Crippen LogP contribution >= 0.6 is 0 Å². The van der Waals surface area contributed by atoms with Gasteiger partial charge in [0.05, 0.1) is 6.26 Å². The summed E-state index contributed by atoms with van der Waals surface area (Å²) in [5.41, 5.74) is 2.43. The second kappa shape index (κ2) is 9.28. The lowest BCUT2D eigenvalue weighted by atomic mass is 10.1. The molecule has 0 bridgehead atoms. The molecule has 0 heterocycles. The van der Waals surface area contributed by atoms with Crippen LogP contribution in [0.15, 0.2) is 30.0 Å². The summed E-state index contributed by atoms with van der Waals surface area (Å²) < 4.78 is 18.5. The van der Waals surface area contributed by atoms with E-state index in [-0.39, 0.29) is 0 Å². The van der Waals surface area contributed by atoms with Crippen molar-refractivity contribution in [1.29, 1.82) is 0 Å². The molecule has 0 saturated heterocycles. The minimum absolute atomic E-state index is 0.579. The molecule has 0 amide bonds. The first-order chi connectivity index (χ1) is 12.6. The molecule has 1 aromatic rings. The Labute approximate surface area is 174 Å². The largest absolute Gasteiger partial charge is 0.549 e. The van der Waals surface area contributed by atoms with Crippen LogP contribution in [0, 0.1) is 0 Å². The van der Waals surface area contributed by atoms with E-state index in [1.54, 1.807) is 6.07 Å². The zero-order valence-corrected chi connectivity index (χ0v) is 22.1. The summed E-state index contributed by atoms with van der Waals surface area (Å²) in [5.74, 6) is 1.38. The van der Waals surface area contributed by atoms with Crippen molar-refractivity contribution in [2.45, 2.75) is 65.8 Å². The number of aldehydes is 1. The summed E-state index contributed by atoms with van der Waals surface area (Å²) in [7, 11) is -5.37. The highest BCUT2D eigenvalue weighted by atomic mass is 28.4. The van der Waals surface area contributed by atoms with Gasteiger partial charge in [-0.1, -0.05) is 12.2 Å². The van der Waals surface area contributed by atoms with Gasteiger partial charge in [0.2, 0.25) is 25.0 Å². The molecule has 0 aliphatic rings. The van der Waals surface area contributed by atoms with Crippen LogP contribution in [0.2, 0.25) is 58.9 Å². The topological polar surface area (TPSA) is 44.8 Å². The van der Waals surface area contributed by atoms with Crippen molar-refractivity contribution < 1.29 is 18.1 Å². The summed E-state index contributed by atoms with van der Waals surface area (Å²) in [6, 6.07) is 3.64. The van der Waals surface area contributed by atoms with Crippen LogP contribution in [0.3, 0.4) is 0 Å². The third-order valence-electron chi connectivity index (χ3n) is 3.19. The van der Waals surface area contributed by atoms with Gasteiger partial charge in [0.1, 0.15) is 12.0 Å². The minimum Gasteiger partial charge on any atom is -0.549 e. The van der Waals surface area contributed by atoms with Gasteiger partial charge in [-0.05, 0) is 83.6 Å². The Morgan fingerprint density at radius 3 is 1.89 bits per heavy atom. The van der Waals surface area contributed by atoms with Gasteiger partial charge < -0.3 is 13.3 Å². The van der Waals surface area contributed by atoms with E-state index in [0.29, 0.717) is 11.3 Å². The molecule has 0 aliphatic heterocycles. The van der Waals surface area contributed by atoms with Crippen LogP contribution in [0.25, 0.3) is 6.08 Å². The molecule has 4 nitrogen and oxygen atoms in total. The molecule has 0 N–H and O–H groups in total. The van der Waals surface area contributed by atoms with E-state index in [4.69, 9.17) is 13.3 Å². The Morgan fingerprint density at radius 2 is 1.43 bits per heavy atom. The summed E-state index contributed by atoms with van der Waals surface area (Å²) in [6.45, 7) is 21.2. The predicted molar refractivity (Wildman–Crippen MR) is 127 cm³/mol. The van der Waals surface area contributed by atoms with Gasteiger partial charge in [-0.25, -0.2) is 0 Å². The summed E-state index contributed by atoms with van der Waals surface area (Å²) in [6.07, 6.45) is 6.62. The smallest absolute Gasteiger partial charge is 0.242 e. The fourth-order valence-electron chi connectivity index (χ4n) is 2.19. The second-order valence-electron chi connectivity index (χ2n) is 9.91. The highest BCUT2D eigenvalue weighted by molar-refractivity contribution is 6.71. The van der Waals surface area contributed by atoms with Crippen molar-refractivity contribution in [3.8, 4) is 11.5 Å². The van der Waals surface area contributed by atoms with E-state index < -0.39 is 25.0 Å². The van der Waals surface area contributed by atoms with Crippen LogP contribution < -0.4 is 8.85 Å². The first-order valence-electron chi connectivity index (χ1n) is 9.63. The molecule has 0 aliphatic carbocycles. The molecule has 0 unspecified atom stereocenters. The van der Waals surface area contributed by atoms with E-state index in [1.165, 1.54) is 0 Å². The van der Waals surface area contributed by atoms with Crippen molar-refractivity contribution in [1.82, 2.24) is 0 Å². The predicted octanol–water partition coefficient (Wildman–Crippen LogP) is 6.70. The first kappa shape index (κ1) is 24.5. The SMILES string of the molecule is CC(/C=C/c1cc(C=O)cc(O[Si](C)(C)C)c1O[Si](C)(C)C)=C\O[Si](C)(C)C. The van der Waals surface area contributed by atoms with E-state index in [9.17, 15) is 4.79 Å². The number of rotatable bonds is 9. The molecule has 0 spiro atoms. The van der Waals surface area contributed by atoms with Gasteiger partial charge in [-0.3, -0.25) is 4.79 Å². The standard InChI is InChI=1S/C21H36O4Si3/c1-17(16-23-26(2,3)4)11-12-19-13-18(15-22)14-20(24-27(5,6)7)21(19)25-28(8,9)10/h11-16H,1-10H3/b12-11+,17-16+. The maximum atomic E-state index is 11.5. The Hall–Kier alpha value is -1.58. The summed E-state index contributed by atoms with van der Waals surface area (Å²) >= 11 is 0. The van der Waals surface area contributed by atoms with Crippen LogP contribution in [-0.4, -0.2) is 31.2 Å². The third kappa shape index (κ3) is 9.57. The molecular weight excluding hydrogens is 400 g/mol. The number of carbonyl (C=O) groups is 1. The number of allylic oxidation sites excluding steroid dienone is 2. The lowest BCUT2D eigenvalue weighted by molar-refractivity contribution is 0.112. The van der Waals surface area contributed by atoms with Crippen molar-refractivity contribution in [2.75, 3.05) is 0 Å². The summed E-state index contributed by atoms with van der Waals surface area (Å²) in [5, 5.41) is 0. The third-order valence-corrected chi connectivity index (χ3v) is 5.66. The zero-order valence-electron chi connectivity index (χ0n) is 19.1. The number of carbonyl (C=O) groups excluding carboxylic acids is 1. The monoisotopic (exact) mass is 436 g/mol. The van der Waals surface area contributed by atoms with Crippen LogP contribution in [-0.2, 0) is 4.43 Å². The summed E-state index contributed by atoms with van der Waals surface area (Å²) in [4.78, 5) is 11.5. The fraction of sp³-hybridized carbons (Fsp3) is 0.476. The van der Waals surface area contributed by atoms with E-state index >= 15 is 0 Å². The molecule has 7 heteroatoms. The average molecular weight is 437 g/mol. The van der Waals surface area contributed by atoms with Crippen molar-refractivity contribution in [3.63, 3.8) is 0 Å². The van der Waals surface area contributed by atoms with Gasteiger partial charge in [-0.2, -0.15) is 0 Å². The number of hydrogen-bond donors (Lipinski definition) is 0. The minimum atomic E-state index is -1.88. The van der Waals surface area contributed by atoms with Crippen molar-refractivity contribution >= 4 is 37.3 Å². The number of benzene rings is 1. The van der Waals surface area contributed by atoms with Gasteiger partial charge in [-0.15, -0.1) is 0 Å². The molecule has 0 fully saturated rings. The Balaban J connectivity index is 3.43. The molecular formula is C21H36O4Si3. The maximum Gasteiger partial charge on any atom is 0.242 e. The number of hydrogen-bond acceptors (Lipinski definition) is 4. The van der Waals surface area contributed by atoms with E-state index in [2.05, 4.69) is 58.9 Å². The lowest BCUT2D eigenvalue weighted by Crippen LogP contribution is -2.32. The molecule has 156 valence electrons. The molecule has 0 radical (unpaired) electrons. The van der Waals surface area contributed by atoms with Gasteiger partial charge in [0.25, 0.3) is 0 Å². The van der Waals surface area contributed by atoms with Crippen LogP contribution in [0.1, 0.15) is 22.8 Å². The van der Waals surface area contributed by atoms with Gasteiger partial charge >= 0.3 is 0 Å². The second-order valence-corrected chi connectivity index (χ2v) is 23.2. The molecule has 0 saturated carbocycles. The molecule has 0 aromatic heterocycles. The maximum absolute atomic E-state index is 11.5. The molecule has 1 rings (SSSR count). The van der Waals surface area contributed by atoms with Crippen molar-refractivity contribution in [3.05, 3.63) is 41.2 Å². The van der Waals surface area contributed by atoms with Gasteiger partial charge in [0.15, 0.2) is 5.75 Å². The zero-order chi connectivity index (χ0) is 21.8. The molecule has 0 atom stereocenters. The highest BCUT2D eigenvalue weighted by Crippen LogP contribution is 2.37. The molecule has 28 heavy (non-hydrogen) atoms. The normalized spacial score (nSPS) is 13.6. The van der Waals surface area contributed by atoms with Crippen molar-refractivity contribution in [2.24, 2.45) is 0 Å². The fourth-order valence-corrected chi connectivity index (χ4v) is 4.37. The lowest BCUT2D eigenvalue weighted by Gasteiger charge is -2.27.